The van der Waals surface area contributed by atoms with E-state index in [0.717, 1.165) is 25.0 Å². The van der Waals surface area contributed by atoms with Crippen LogP contribution in [-0.2, 0) is 6.42 Å². The monoisotopic (exact) mass is 241 g/mol. The van der Waals surface area contributed by atoms with Crippen molar-refractivity contribution in [1.29, 1.82) is 0 Å². The second-order valence-electron chi connectivity index (χ2n) is 4.62. The van der Waals surface area contributed by atoms with Crippen molar-refractivity contribution in [3.8, 4) is 0 Å². The van der Waals surface area contributed by atoms with Gasteiger partial charge in [0.05, 0.1) is 11.9 Å². The molecule has 0 aliphatic heterocycles. The van der Waals surface area contributed by atoms with Gasteiger partial charge < -0.3 is 5.11 Å². The summed E-state index contributed by atoms with van der Waals surface area (Å²) in [5, 5.41) is 10.4. The molecule has 0 fully saturated rings. The van der Waals surface area contributed by atoms with Crippen LogP contribution in [0.2, 0.25) is 0 Å². The summed E-state index contributed by atoms with van der Waals surface area (Å²) in [6, 6.07) is 4.05. The molecular formula is C14H15N3O. The van der Waals surface area contributed by atoms with Gasteiger partial charge in [-0.25, -0.2) is 0 Å². The maximum Gasteiger partial charge on any atom is 0.106 e. The van der Waals surface area contributed by atoms with E-state index in [0.29, 0.717) is 5.69 Å². The summed E-state index contributed by atoms with van der Waals surface area (Å²) in [6.07, 6.45) is 9.11. The van der Waals surface area contributed by atoms with Crippen LogP contribution in [0.5, 0.6) is 0 Å². The number of hydrogen-bond acceptors (Lipinski definition) is 4. The Kier molecular flexibility index (Phi) is 3.02. The quantitative estimate of drug-likeness (QED) is 0.874. The molecule has 1 aliphatic carbocycles. The van der Waals surface area contributed by atoms with Crippen LogP contribution in [0.25, 0.3) is 0 Å². The Balaban J connectivity index is 1.94. The van der Waals surface area contributed by atoms with Gasteiger partial charge in [0.15, 0.2) is 0 Å². The van der Waals surface area contributed by atoms with E-state index in [2.05, 4.69) is 21.0 Å². The maximum absolute atomic E-state index is 10.4. The van der Waals surface area contributed by atoms with Crippen molar-refractivity contribution in [2.24, 2.45) is 0 Å². The largest absolute Gasteiger partial charge is 0.386 e. The second-order valence-corrected chi connectivity index (χ2v) is 4.62. The third kappa shape index (κ3) is 1.99. The first-order valence-electron chi connectivity index (χ1n) is 6.24. The second kappa shape index (κ2) is 4.82. The molecule has 2 unspecified atom stereocenters. The molecule has 18 heavy (non-hydrogen) atoms. The van der Waals surface area contributed by atoms with Gasteiger partial charge in [-0.05, 0) is 30.9 Å². The van der Waals surface area contributed by atoms with Crippen LogP contribution in [0.4, 0.5) is 0 Å². The van der Waals surface area contributed by atoms with Crippen molar-refractivity contribution < 1.29 is 5.11 Å². The average Bonchev–Trinajstić information content (AvgIpc) is 2.47. The Morgan fingerprint density at radius 3 is 3.00 bits per heavy atom. The number of aromatic nitrogens is 3. The zero-order valence-corrected chi connectivity index (χ0v) is 10.0. The van der Waals surface area contributed by atoms with Crippen molar-refractivity contribution >= 4 is 0 Å². The standard InChI is InChI=1S/C14H15N3O/c18-14(12-9-15-7-8-16-12)11-5-1-3-10-4-2-6-17-13(10)11/h2,4,6-9,11,14,18H,1,3,5H2. The summed E-state index contributed by atoms with van der Waals surface area (Å²) in [7, 11) is 0. The lowest BCUT2D eigenvalue weighted by Gasteiger charge is -2.27. The number of hydrogen-bond donors (Lipinski definition) is 1. The summed E-state index contributed by atoms with van der Waals surface area (Å²) in [4.78, 5) is 12.6. The average molecular weight is 241 g/mol. The minimum absolute atomic E-state index is 0.0339. The molecule has 4 heteroatoms. The van der Waals surface area contributed by atoms with Gasteiger partial charge in [-0.3, -0.25) is 15.0 Å². The highest BCUT2D eigenvalue weighted by Gasteiger charge is 2.29. The van der Waals surface area contributed by atoms with Gasteiger partial charge in [-0.1, -0.05) is 6.07 Å². The topological polar surface area (TPSA) is 58.9 Å². The van der Waals surface area contributed by atoms with Crippen LogP contribution in [0.1, 0.15) is 41.8 Å². The molecule has 2 heterocycles. The first kappa shape index (κ1) is 11.3. The van der Waals surface area contributed by atoms with Crippen LogP contribution < -0.4 is 0 Å². The normalized spacial score (nSPS) is 20.2. The highest BCUT2D eigenvalue weighted by molar-refractivity contribution is 5.28. The van der Waals surface area contributed by atoms with Crippen molar-refractivity contribution in [2.75, 3.05) is 0 Å². The first-order valence-corrected chi connectivity index (χ1v) is 6.24. The van der Waals surface area contributed by atoms with E-state index < -0.39 is 6.10 Å². The molecule has 2 atom stereocenters. The molecular weight excluding hydrogens is 226 g/mol. The van der Waals surface area contributed by atoms with Crippen molar-refractivity contribution in [2.45, 2.75) is 31.3 Å². The fraction of sp³-hybridized carbons (Fsp3) is 0.357. The molecule has 92 valence electrons. The molecule has 3 rings (SSSR count). The summed E-state index contributed by atoms with van der Waals surface area (Å²) in [6.45, 7) is 0. The van der Waals surface area contributed by atoms with Gasteiger partial charge >= 0.3 is 0 Å². The van der Waals surface area contributed by atoms with Gasteiger partial charge in [0, 0.05) is 30.2 Å². The first-order chi connectivity index (χ1) is 8.86. The van der Waals surface area contributed by atoms with Crippen molar-refractivity contribution in [3.63, 3.8) is 0 Å². The minimum Gasteiger partial charge on any atom is -0.386 e. The molecule has 0 saturated heterocycles. The van der Waals surface area contributed by atoms with Crippen molar-refractivity contribution in [1.82, 2.24) is 15.0 Å². The van der Waals surface area contributed by atoms with Gasteiger partial charge in [0.25, 0.3) is 0 Å². The molecule has 0 saturated carbocycles. The number of aliphatic hydroxyl groups excluding tert-OH is 1. The van der Waals surface area contributed by atoms with E-state index in [1.54, 1.807) is 24.8 Å². The molecule has 0 radical (unpaired) electrons. The predicted octanol–water partition coefficient (Wildman–Crippen LogP) is 2.03. The number of aryl methyl sites for hydroxylation is 1. The third-order valence-corrected chi connectivity index (χ3v) is 3.51. The van der Waals surface area contributed by atoms with Crippen LogP contribution in [0.3, 0.4) is 0 Å². The molecule has 4 nitrogen and oxygen atoms in total. The molecule has 1 N–H and O–H groups in total. The fourth-order valence-corrected chi connectivity index (χ4v) is 2.62. The number of aliphatic hydroxyl groups is 1. The van der Waals surface area contributed by atoms with Crippen LogP contribution >= 0.6 is 0 Å². The Bertz CT molecular complexity index is 530. The molecule has 0 aromatic carbocycles. The molecule has 0 amide bonds. The summed E-state index contributed by atoms with van der Waals surface area (Å²) >= 11 is 0. The lowest BCUT2D eigenvalue weighted by molar-refractivity contribution is 0.129. The smallest absolute Gasteiger partial charge is 0.106 e. The Hall–Kier alpha value is -1.81. The zero-order chi connectivity index (χ0) is 12.4. The number of pyridine rings is 1. The van der Waals surface area contributed by atoms with Crippen molar-refractivity contribution in [3.05, 3.63) is 53.9 Å². The molecule has 2 aromatic rings. The lowest BCUT2D eigenvalue weighted by Crippen LogP contribution is -2.19. The Morgan fingerprint density at radius 2 is 2.17 bits per heavy atom. The van der Waals surface area contributed by atoms with Crippen LogP contribution in [-0.4, -0.2) is 20.1 Å². The Morgan fingerprint density at radius 1 is 1.22 bits per heavy atom. The van der Waals surface area contributed by atoms with E-state index >= 15 is 0 Å². The summed E-state index contributed by atoms with van der Waals surface area (Å²) < 4.78 is 0. The molecule has 1 aliphatic rings. The van der Waals surface area contributed by atoms with E-state index in [4.69, 9.17) is 0 Å². The number of nitrogens with zero attached hydrogens (tertiary/aromatic N) is 3. The molecule has 2 aromatic heterocycles. The lowest BCUT2D eigenvalue weighted by atomic mass is 9.82. The molecule has 0 bridgehead atoms. The van der Waals surface area contributed by atoms with Gasteiger partial charge in [0.1, 0.15) is 6.10 Å². The summed E-state index contributed by atoms with van der Waals surface area (Å²) in [5.41, 5.74) is 2.89. The molecule has 0 spiro atoms. The maximum atomic E-state index is 10.4. The highest BCUT2D eigenvalue weighted by atomic mass is 16.3. The highest BCUT2D eigenvalue weighted by Crippen LogP contribution is 2.38. The van der Waals surface area contributed by atoms with E-state index in [1.165, 1.54) is 5.56 Å². The Labute approximate surface area is 106 Å². The minimum atomic E-state index is -0.618. The van der Waals surface area contributed by atoms with Gasteiger partial charge in [-0.15, -0.1) is 0 Å². The zero-order valence-electron chi connectivity index (χ0n) is 10.0. The van der Waals surface area contributed by atoms with E-state index in [9.17, 15) is 5.11 Å². The summed E-state index contributed by atoms with van der Waals surface area (Å²) in [5.74, 6) is 0.0339. The van der Waals surface area contributed by atoms with Gasteiger partial charge in [-0.2, -0.15) is 0 Å². The number of fused-ring (bicyclic) bond motifs is 1. The van der Waals surface area contributed by atoms with E-state index in [-0.39, 0.29) is 5.92 Å². The fourth-order valence-electron chi connectivity index (χ4n) is 2.62. The van der Waals surface area contributed by atoms with E-state index in [1.807, 2.05) is 6.07 Å². The third-order valence-electron chi connectivity index (χ3n) is 3.51. The van der Waals surface area contributed by atoms with Crippen LogP contribution in [0, 0.1) is 0 Å². The van der Waals surface area contributed by atoms with Crippen LogP contribution in [0.15, 0.2) is 36.9 Å². The number of rotatable bonds is 2. The predicted molar refractivity (Wildman–Crippen MR) is 66.9 cm³/mol. The van der Waals surface area contributed by atoms with Gasteiger partial charge in [0.2, 0.25) is 0 Å². The SMILES string of the molecule is OC(c1cnccn1)C1CCCc2cccnc21.